The van der Waals surface area contributed by atoms with Gasteiger partial charge in [0, 0.05) is 5.69 Å². The minimum Gasteiger partial charge on any atom is -0.317 e. The van der Waals surface area contributed by atoms with Crippen molar-refractivity contribution < 1.29 is 0 Å². The maximum atomic E-state index is 4.51. The topological polar surface area (TPSA) is 15.6 Å². The van der Waals surface area contributed by atoms with Crippen molar-refractivity contribution in [1.29, 1.82) is 0 Å². The number of aliphatic imine (C=N–C) groups is 1. The van der Waals surface area contributed by atoms with Crippen LogP contribution in [0.1, 0.15) is 5.56 Å². The average molecular weight is 240 g/mol. The molecule has 0 amide bonds. The van der Waals surface area contributed by atoms with Crippen molar-refractivity contribution in [3.8, 4) is 0 Å². The van der Waals surface area contributed by atoms with Gasteiger partial charge in [-0.1, -0.05) is 36.4 Å². The first-order chi connectivity index (χ1) is 8.34. The van der Waals surface area contributed by atoms with Gasteiger partial charge in [-0.25, -0.2) is 4.99 Å². The molecule has 0 aromatic heterocycles. The quantitative estimate of drug-likeness (QED) is 0.753. The highest BCUT2D eigenvalue weighted by Gasteiger charge is 2.17. The molecule has 0 unspecified atom stereocenters. The molecule has 0 atom stereocenters. The Balaban J connectivity index is 2.02. The molecule has 2 aromatic carbocycles. The maximum absolute atomic E-state index is 4.51. The predicted octanol–water partition coefficient (Wildman–Crippen LogP) is 3.62. The Morgan fingerprint density at radius 1 is 0.941 bits per heavy atom. The zero-order chi connectivity index (χ0) is 11.7. The van der Waals surface area contributed by atoms with E-state index in [-0.39, 0.29) is 0 Å². The highest BCUT2D eigenvalue weighted by atomic mass is 32.1. The van der Waals surface area contributed by atoms with Gasteiger partial charge in [0.2, 0.25) is 0 Å². The zero-order valence-electron chi connectivity index (χ0n) is 9.24. The first kappa shape index (κ1) is 10.4. The van der Waals surface area contributed by atoms with Crippen molar-refractivity contribution in [1.82, 2.24) is 0 Å². The number of anilines is 1. The van der Waals surface area contributed by atoms with Gasteiger partial charge >= 0.3 is 0 Å². The van der Waals surface area contributed by atoms with Crippen LogP contribution >= 0.6 is 12.6 Å². The van der Waals surface area contributed by atoms with Gasteiger partial charge in [-0.05, 0) is 23.8 Å². The van der Waals surface area contributed by atoms with Crippen LogP contribution in [0.3, 0.4) is 0 Å². The van der Waals surface area contributed by atoms with Crippen molar-refractivity contribution in [3.63, 3.8) is 0 Å². The van der Waals surface area contributed by atoms with Crippen molar-refractivity contribution >= 4 is 29.2 Å². The second-order valence-corrected chi connectivity index (χ2v) is 4.36. The summed E-state index contributed by atoms with van der Waals surface area (Å²) in [6.07, 6.45) is 0. The third-order valence-electron chi connectivity index (χ3n) is 2.85. The summed E-state index contributed by atoms with van der Waals surface area (Å²) in [5, 5.41) is 0.745. The van der Waals surface area contributed by atoms with Crippen LogP contribution in [0, 0.1) is 0 Å². The van der Waals surface area contributed by atoms with Crippen LogP contribution in [0.4, 0.5) is 11.4 Å². The van der Waals surface area contributed by atoms with E-state index in [0.717, 1.165) is 23.1 Å². The summed E-state index contributed by atoms with van der Waals surface area (Å²) in [7, 11) is 0. The molecule has 0 fully saturated rings. The van der Waals surface area contributed by atoms with Crippen LogP contribution in [0.15, 0.2) is 59.6 Å². The first-order valence-corrected chi connectivity index (χ1v) is 5.97. The van der Waals surface area contributed by atoms with E-state index >= 15 is 0 Å². The zero-order valence-corrected chi connectivity index (χ0v) is 10.1. The van der Waals surface area contributed by atoms with Crippen LogP contribution in [0.25, 0.3) is 0 Å². The van der Waals surface area contributed by atoms with Gasteiger partial charge in [-0.3, -0.25) is 0 Å². The first-order valence-electron chi connectivity index (χ1n) is 5.53. The number of hydrogen-bond acceptors (Lipinski definition) is 2. The fraction of sp³-hybridized carbons (Fsp3) is 0.0714. The number of rotatable bonds is 1. The van der Waals surface area contributed by atoms with Gasteiger partial charge in [0.15, 0.2) is 5.17 Å². The molecule has 0 N–H and O–H groups in total. The van der Waals surface area contributed by atoms with E-state index in [4.69, 9.17) is 0 Å². The summed E-state index contributed by atoms with van der Waals surface area (Å²) < 4.78 is 0. The Morgan fingerprint density at radius 2 is 1.65 bits per heavy atom. The average Bonchev–Trinajstić information content (AvgIpc) is 2.39. The Hall–Kier alpha value is -1.74. The summed E-state index contributed by atoms with van der Waals surface area (Å²) in [6, 6.07) is 18.4. The highest BCUT2D eigenvalue weighted by molar-refractivity contribution is 7.97. The van der Waals surface area contributed by atoms with Gasteiger partial charge in [0.05, 0.1) is 12.2 Å². The maximum Gasteiger partial charge on any atom is 0.166 e. The lowest BCUT2D eigenvalue weighted by Crippen LogP contribution is -2.28. The molecule has 0 saturated carbocycles. The van der Waals surface area contributed by atoms with Gasteiger partial charge in [-0.15, -0.1) is 12.6 Å². The van der Waals surface area contributed by atoms with Gasteiger partial charge < -0.3 is 4.90 Å². The van der Waals surface area contributed by atoms with E-state index in [9.17, 15) is 0 Å². The smallest absolute Gasteiger partial charge is 0.166 e. The van der Waals surface area contributed by atoms with E-state index in [0.29, 0.717) is 0 Å². The number of nitrogens with zero attached hydrogens (tertiary/aromatic N) is 2. The Labute approximate surface area is 106 Å². The molecule has 84 valence electrons. The third-order valence-corrected chi connectivity index (χ3v) is 3.19. The molecule has 3 rings (SSSR count). The minimum atomic E-state index is 0.745. The third kappa shape index (κ3) is 1.94. The second kappa shape index (κ2) is 4.26. The van der Waals surface area contributed by atoms with Crippen LogP contribution < -0.4 is 4.90 Å². The molecular formula is C14H12N2S. The van der Waals surface area contributed by atoms with Crippen LogP contribution in [0.5, 0.6) is 0 Å². The lowest BCUT2D eigenvalue weighted by atomic mass is 10.1. The Bertz CT molecular complexity index is 563. The molecule has 0 radical (unpaired) electrons. The fourth-order valence-electron chi connectivity index (χ4n) is 1.98. The molecule has 0 spiro atoms. The molecule has 0 bridgehead atoms. The van der Waals surface area contributed by atoms with E-state index in [1.165, 1.54) is 5.56 Å². The lowest BCUT2D eigenvalue weighted by Gasteiger charge is -2.28. The van der Waals surface area contributed by atoms with E-state index < -0.39 is 0 Å². The number of hydrogen-bond donors (Lipinski definition) is 1. The standard InChI is InChI=1S/C14H12N2S/c17-14-15-13-9-5-4-6-11(13)10-16(14)12-7-2-1-3-8-12/h1-9H,10H2,(H,15,17). The monoisotopic (exact) mass is 240 g/mol. The molecule has 0 aliphatic carbocycles. The lowest BCUT2D eigenvalue weighted by molar-refractivity contribution is 0.992. The molecule has 17 heavy (non-hydrogen) atoms. The molecule has 1 aliphatic rings. The van der Waals surface area contributed by atoms with Crippen molar-refractivity contribution in [2.24, 2.45) is 4.99 Å². The number of benzene rings is 2. The summed E-state index contributed by atoms with van der Waals surface area (Å²) in [5.41, 5.74) is 3.37. The molecule has 1 aliphatic heterocycles. The molecule has 2 aromatic rings. The van der Waals surface area contributed by atoms with Crippen LogP contribution in [-0.2, 0) is 6.54 Å². The van der Waals surface area contributed by atoms with E-state index in [1.54, 1.807) is 0 Å². The number of thiol groups is 1. The molecular weight excluding hydrogens is 228 g/mol. The highest BCUT2D eigenvalue weighted by Crippen LogP contribution is 2.29. The van der Waals surface area contributed by atoms with Gasteiger partial charge in [0.25, 0.3) is 0 Å². The molecule has 1 heterocycles. The van der Waals surface area contributed by atoms with E-state index in [2.05, 4.69) is 40.7 Å². The van der Waals surface area contributed by atoms with E-state index in [1.807, 2.05) is 36.4 Å². The summed E-state index contributed by atoms with van der Waals surface area (Å²) in [6.45, 7) is 0.822. The largest absolute Gasteiger partial charge is 0.317 e. The minimum absolute atomic E-state index is 0.745. The summed E-state index contributed by atoms with van der Waals surface area (Å²) in [5.74, 6) is 0. The van der Waals surface area contributed by atoms with Crippen molar-refractivity contribution in [3.05, 3.63) is 60.2 Å². The van der Waals surface area contributed by atoms with Crippen molar-refractivity contribution in [2.75, 3.05) is 4.90 Å². The molecule has 3 heteroatoms. The number of fused-ring (bicyclic) bond motifs is 1. The fourth-order valence-corrected chi connectivity index (χ4v) is 2.27. The molecule has 2 nitrogen and oxygen atoms in total. The SMILES string of the molecule is SC1=Nc2ccccc2CN1c1ccccc1. The normalized spacial score (nSPS) is 14.2. The molecule has 0 saturated heterocycles. The van der Waals surface area contributed by atoms with Gasteiger partial charge in [0.1, 0.15) is 0 Å². The predicted molar refractivity (Wildman–Crippen MR) is 75.1 cm³/mol. The van der Waals surface area contributed by atoms with Crippen molar-refractivity contribution in [2.45, 2.75) is 6.54 Å². The Kier molecular flexibility index (Phi) is 2.61. The van der Waals surface area contributed by atoms with Gasteiger partial charge in [-0.2, -0.15) is 0 Å². The number of amidine groups is 1. The summed E-state index contributed by atoms with van der Waals surface area (Å²) >= 11 is 4.47. The number of para-hydroxylation sites is 2. The van der Waals surface area contributed by atoms with Crippen LogP contribution in [0.2, 0.25) is 0 Å². The van der Waals surface area contributed by atoms with Crippen LogP contribution in [-0.4, -0.2) is 5.17 Å². The Morgan fingerprint density at radius 3 is 2.47 bits per heavy atom. The second-order valence-electron chi connectivity index (χ2n) is 3.96. The summed E-state index contributed by atoms with van der Waals surface area (Å²) in [4.78, 5) is 6.61.